The Hall–Kier alpha value is -3.51. The molecule has 3 rings (SSSR count). The second-order valence-electron chi connectivity index (χ2n) is 9.07. The summed E-state index contributed by atoms with van der Waals surface area (Å²) < 4.78 is 5.96. The van der Waals surface area contributed by atoms with Gasteiger partial charge in [0.2, 0.25) is 0 Å². The minimum Gasteiger partial charge on any atom is -0.496 e. The number of hydrazine groups is 1. The number of hydrogen-bond donors (Lipinski definition) is 4. The van der Waals surface area contributed by atoms with Crippen LogP contribution in [0.1, 0.15) is 57.4 Å². The summed E-state index contributed by atoms with van der Waals surface area (Å²) in [6.07, 6.45) is 0. The molecule has 37 heavy (non-hydrogen) atoms. The van der Waals surface area contributed by atoms with Crippen molar-refractivity contribution in [2.24, 2.45) is 0 Å². The topological polar surface area (TPSA) is 109 Å². The van der Waals surface area contributed by atoms with Gasteiger partial charge in [-0.05, 0) is 100 Å². The largest absolute Gasteiger partial charge is 0.496 e. The number of methoxy groups -OCH3 is 1. The lowest BCUT2D eigenvalue weighted by molar-refractivity contribution is 0.0934. The summed E-state index contributed by atoms with van der Waals surface area (Å²) >= 11 is 7.16. The number of hydrogen-bond acceptors (Lipinski definition) is 5. The quantitative estimate of drug-likeness (QED) is 0.183. The number of rotatable bonds is 5. The van der Waals surface area contributed by atoms with Crippen LogP contribution in [0.2, 0.25) is 0 Å². The molecule has 0 saturated heterocycles. The van der Waals surface area contributed by atoms with E-state index in [4.69, 9.17) is 17.0 Å². The van der Waals surface area contributed by atoms with Gasteiger partial charge in [0.05, 0.1) is 10.7 Å². The molecule has 3 aromatic carbocycles. The molecule has 0 aliphatic carbocycles. The summed E-state index contributed by atoms with van der Waals surface area (Å²) in [5.41, 5.74) is 7.90. The molecule has 0 heterocycles. The molecule has 0 spiro atoms. The summed E-state index contributed by atoms with van der Waals surface area (Å²) in [6, 6.07) is 18.8. The van der Waals surface area contributed by atoms with Crippen LogP contribution in [0.15, 0.2) is 66.7 Å². The summed E-state index contributed by atoms with van der Waals surface area (Å²) in [7, 11) is 1.55. The Morgan fingerprint density at radius 1 is 0.784 bits per heavy atom. The van der Waals surface area contributed by atoms with Gasteiger partial charge in [-0.15, -0.1) is 0 Å². The number of thiocarbonyl (C=S) groups is 1. The number of halogens is 1. The Labute approximate surface area is 234 Å². The zero-order valence-corrected chi connectivity index (χ0v) is 23.7. The molecule has 3 aromatic rings. The average molecular weight is 631 g/mol. The first-order valence-corrected chi connectivity index (χ1v) is 12.7. The number of amides is 3. The van der Waals surface area contributed by atoms with Gasteiger partial charge >= 0.3 is 0 Å². The molecule has 10 heteroatoms. The first-order chi connectivity index (χ1) is 17.5. The van der Waals surface area contributed by atoms with Crippen molar-refractivity contribution in [2.45, 2.75) is 26.2 Å². The van der Waals surface area contributed by atoms with E-state index in [1.165, 1.54) is 0 Å². The van der Waals surface area contributed by atoms with Gasteiger partial charge in [0, 0.05) is 22.4 Å². The summed E-state index contributed by atoms with van der Waals surface area (Å²) in [5.74, 6) is -0.482. The lowest BCUT2D eigenvalue weighted by atomic mass is 9.87. The van der Waals surface area contributed by atoms with Gasteiger partial charge in [0.1, 0.15) is 5.75 Å². The van der Waals surface area contributed by atoms with Crippen LogP contribution in [0.4, 0.5) is 5.69 Å². The maximum absolute atomic E-state index is 12.6. The van der Waals surface area contributed by atoms with Crippen LogP contribution in [0.3, 0.4) is 0 Å². The van der Waals surface area contributed by atoms with Crippen molar-refractivity contribution in [1.82, 2.24) is 16.2 Å². The second-order valence-corrected chi connectivity index (χ2v) is 10.6. The minimum atomic E-state index is -0.466. The lowest BCUT2D eigenvalue weighted by Crippen LogP contribution is -2.48. The van der Waals surface area contributed by atoms with Crippen LogP contribution in [0.25, 0.3) is 0 Å². The van der Waals surface area contributed by atoms with E-state index in [1.807, 2.05) is 12.1 Å². The van der Waals surface area contributed by atoms with E-state index in [9.17, 15) is 14.4 Å². The molecule has 3 amide bonds. The summed E-state index contributed by atoms with van der Waals surface area (Å²) in [4.78, 5) is 37.4. The predicted molar refractivity (Wildman–Crippen MR) is 156 cm³/mol. The lowest BCUT2D eigenvalue weighted by Gasteiger charge is -2.19. The Bertz CT molecular complexity index is 1320. The van der Waals surface area contributed by atoms with E-state index in [-0.39, 0.29) is 16.4 Å². The average Bonchev–Trinajstić information content (AvgIpc) is 2.87. The molecule has 0 aliphatic heterocycles. The molecule has 0 fully saturated rings. The van der Waals surface area contributed by atoms with Gasteiger partial charge in [-0.25, -0.2) is 0 Å². The molecule has 192 valence electrons. The minimum absolute atomic E-state index is 0.00495. The maximum atomic E-state index is 12.6. The van der Waals surface area contributed by atoms with Crippen LogP contribution in [-0.4, -0.2) is 29.9 Å². The first-order valence-electron chi connectivity index (χ1n) is 11.2. The van der Waals surface area contributed by atoms with Gasteiger partial charge in [-0.3, -0.25) is 30.6 Å². The molecular weight excluding hydrogens is 603 g/mol. The smallest absolute Gasteiger partial charge is 0.269 e. The molecule has 0 saturated carbocycles. The molecule has 0 aliphatic rings. The van der Waals surface area contributed by atoms with Gasteiger partial charge in [-0.1, -0.05) is 32.9 Å². The van der Waals surface area contributed by atoms with Crippen molar-refractivity contribution >= 4 is 63.3 Å². The SMILES string of the molecule is COc1ccc(C(=O)NC(=S)NNC(=O)c2ccc(NC(=O)c3ccc(C(C)(C)C)cc3)cc2)cc1I. The fourth-order valence-electron chi connectivity index (χ4n) is 3.23. The van der Waals surface area contributed by atoms with E-state index < -0.39 is 11.8 Å². The van der Waals surface area contributed by atoms with Crippen LogP contribution in [0.5, 0.6) is 5.75 Å². The monoisotopic (exact) mass is 630 g/mol. The molecule has 4 N–H and O–H groups in total. The van der Waals surface area contributed by atoms with Gasteiger partial charge < -0.3 is 10.1 Å². The van der Waals surface area contributed by atoms with Gasteiger partial charge in [-0.2, -0.15) is 0 Å². The first kappa shape index (κ1) is 28.1. The number of ether oxygens (including phenoxy) is 1. The van der Waals surface area contributed by atoms with E-state index in [2.05, 4.69) is 64.8 Å². The standard InChI is InChI=1S/C27H27IN4O4S/c1-27(2,3)19-10-5-16(6-11-19)23(33)29-20-12-7-17(8-13-20)25(35)31-32-26(37)30-24(34)18-9-14-22(36-4)21(28)15-18/h5-15H,1-4H3,(H,29,33)(H,31,35)(H2,30,32,34,37). The molecule has 0 bridgehead atoms. The number of carbonyl (C=O) groups excluding carboxylic acids is 3. The van der Waals surface area contributed by atoms with E-state index in [0.717, 1.165) is 9.13 Å². The van der Waals surface area contributed by atoms with Gasteiger partial charge in [0.15, 0.2) is 5.11 Å². The molecule has 8 nitrogen and oxygen atoms in total. The van der Waals surface area contributed by atoms with Crippen molar-refractivity contribution in [2.75, 3.05) is 12.4 Å². The number of nitrogens with one attached hydrogen (secondary N) is 4. The highest BCUT2D eigenvalue weighted by Crippen LogP contribution is 2.23. The fourth-order valence-corrected chi connectivity index (χ4v) is 4.11. The molecule has 0 unspecified atom stereocenters. The van der Waals surface area contributed by atoms with Crippen molar-refractivity contribution in [3.05, 3.63) is 92.6 Å². The van der Waals surface area contributed by atoms with Crippen molar-refractivity contribution in [3.63, 3.8) is 0 Å². The van der Waals surface area contributed by atoms with Crippen molar-refractivity contribution in [1.29, 1.82) is 0 Å². The normalized spacial score (nSPS) is 10.7. The zero-order valence-electron chi connectivity index (χ0n) is 20.8. The maximum Gasteiger partial charge on any atom is 0.269 e. The third-order valence-electron chi connectivity index (χ3n) is 5.35. The Kier molecular flexibility index (Phi) is 9.22. The Morgan fingerprint density at radius 2 is 1.35 bits per heavy atom. The Balaban J connectivity index is 1.50. The fraction of sp³-hybridized carbons (Fsp3) is 0.185. The number of carbonyl (C=O) groups is 3. The zero-order chi connectivity index (χ0) is 27.2. The van der Waals surface area contributed by atoms with E-state index >= 15 is 0 Å². The highest BCUT2D eigenvalue weighted by molar-refractivity contribution is 14.1. The summed E-state index contributed by atoms with van der Waals surface area (Å²) in [5, 5.41) is 5.25. The number of benzene rings is 3. The highest BCUT2D eigenvalue weighted by atomic mass is 127. The third kappa shape index (κ3) is 7.73. The predicted octanol–water partition coefficient (Wildman–Crippen LogP) is 4.80. The molecule has 0 aromatic heterocycles. The van der Waals surface area contributed by atoms with Crippen LogP contribution < -0.4 is 26.2 Å². The van der Waals surface area contributed by atoms with Crippen molar-refractivity contribution in [3.8, 4) is 5.75 Å². The number of anilines is 1. The second kappa shape index (κ2) is 12.2. The van der Waals surface area contributed by atoms with Crippen LogP contribution in [-0.2, 0) is 5.41 Å². The Morgan fingerprint density at radius 3 is 1.92 bits per heavy atom. The van der Waals surface area contributed by atoms with E-state index in [0.29, 0.717) is 28.1 Å². The highest BCUT2D eigenvalue weighted by Gasteiger charge is 2.15. The summed E-state index contributed by atoms with van der Waals surface area (Å²) in [6.45, 7) is 6.34. The van der Waals surface area contributed by atoms with Crippen molar-refractivity contribution < 1.29 is 19.1 Å². The molecular formula is C27H27IN4O4S. The molecule has 0 radical (unpaired) electrons. The van der Waals surface area contributed by atoms with E-state index in [1.54, 1.807) is 61.7 Å². The van der Waals surface area contributed by atoms with Crippen LogP contribution >= 0.6 is 34.8 Å². The van der Waals surface area contributed by atoms with Gasteiger partial charge in [0.25, 0.3) is 17.7 Å². The molecule has 0 atom stereocenters. The van der Waals surface area contributed by atoms with Crippen LogP contribution in [0, 0.1) is 3.57 Å². The third-order valence-corrected chi connectivity index (χ3v) is 6.40.